The summed E-state index contributed by atoms with van der Waals surface area (Å²) in [4.78, 5) is 61.5. The second kappa shape index (κ2) is 18.3. The molecule has 0 saturated carbocycles. The lowest BCUT2D eigenvalue weighted by atomic mass is 10.1. The number of amides is 1. The first-order chi connectivity index (χ1) is 18.5. The SMILES string of the molecule is COCCOCCSC(=O)C(Cc1ccccc1)NC(=O)C(C)OC(=O)C(C)OC(=O)C(C)OC(=O)C(C)O. The number of aliphatic hydroxyl groups excluding tert-OH is 1. The number of ether oxygens (including phenoxy) is 5. The summed E-state index contributed by atoms with van der Waals surface area (Å²) in [5.74, 6) is -3.43. The van der Waals surface area contributed by atoms with Crippen LogP contribution in [0.2, 0.25) is 0 Å². The molecule has 39 heavy (non-hydrogen) atoms. The van der Waals surface area contributed by atoms with E-state index in [1.165, 1.54) is 27.7 Å². The maximum Gasteiger partial charge on any atom is 0.347 e. The monoisotopic (exact) mass is 571 g/mol. The van der Waals surface area contributed by atoms with Gasteiger partial charge in [0.25, 0.3) is 5.91 Å². The molecule has 0 aliphatic rings. The van der Waals surface area contributed by atoms with Gasteiger partial charge in [0.1, 0.15) is 12.1 Å². The van der Waals surface area contributed by atoms with Gasteiger partial charge in [-0.1, -0.05) is 42.1 Å². The van der Waals surface area contributed by atoms with Gasteiger partial charge in [-0.3, -0.25) is 9.59 Å². The van der Waals surface area contributed by atoms with E-state index in [1.807, 2.05) is 30.3 Å². The predicted octanol–water partition coefficient (Wildman–Crippen LogP) is 0.813. The quantitative estimate of drug-likeness (QED) is 0.154. The van der Waals surface area contributed by atoms with Crippen LogP contribution in [0.15, 0.2) is 30.3 Å². The first-order valence-electron chi connectivity index (χ1n) is 12.3. The van der Waals surface area contributed by atoms with E-state index in [-0.39, 0.29) is 11.5 Å². The number of thioether (sulfide) groups is 1. The average Bonchev–Trinajstić information content (AvgIpc) is 2.90. The van der Waals surface area contributed by atoms with Gasteiger partial charge >= 0.3 is 17.9 Å². The van der Waals surface area contributed by atoms with Crippen molar-refractivity contribution in [3.8, 4) is 0 Å². The number of nitrogens with one attached hydrogen (secondary N) is 1. The standard InChI is InChI=1S/C26H37NO11S/c1-16(28)23(30)37-18(3)25(32)38-19(4)24(31)36-17(2)22(29)27-21(15-20-9-7-6-8-10-20)26(33)39-14-13-35-12-11-34-5/h6-10,16-19,21,28H,11-15H2,1-5H3,(H,27,29). The number of carbonyl (C=O) groups excluding carboxylic acids is 5. The topological polar surface area (TPSA) is 164 Å². The van der Waals surface area contributed by atoms with Gasteiger partial charge in [-0.15, -0.1) is 0 Å². The predicted molar refractivity (Wildman–Crippen MR) is 141 cm³/mol. The van der Waals surface area contributed by atoms with Gasteiger partial charge in [-0.05, 0) is 33.3 Å². The lowest BCUT2D eigenvalue weighted by Gasteiger charge is -2.22. The number of aliphatic hydroxyl groups is 1. The molecule has 0 bridgehead atoms. The summed E-state index contributed by atoms with van der Waals surface area (Å²) in [6, 6.07) is 8.21. The molecule has 12 nitrogen and oxygen atoms in total. The molecule has 5 unspecified atom stereocenters. The zero-order valence-electron chi connectivity index (χ0n) is 22.7. The summed E-state index contributed by atoms with van der Waals surface area (Å²) in [5.41, 5.74) is 0.823. The third-order valence-corrected chi connectivity index (χ3v) is 5.98. The number of rotatable bonds is 17. The summed E-state index contributed by atoms with van der Waals surface area (Å²) in [6.45, 7) is 6.09. The Hall–Kier alpha value is -3.00. The molecule has 2 N–H and O–H groups in total. The molecule has 0 heterocycles. The van der Waals surface area contributed by atoms with Gasteiger partial charge in [0, 0.05) is 19.3 Å². The molecule has 0 aliphatic heterocycles. The molecule has 0 radical (unpaired) electrons. The average molecular weight is 572 g/mol. The number of hydrogen-bond donors (Lipinski definition) is 2. The summed E-state index contributed by atoms with van der Waals surface area (Å²) < 4.78 is 25.0. The van der Waals surface area contributed by atoms with Gasteiger partial charge < -0.3 is 34.1 Å². The van der Waals surface area contributed by atoms with Crippen molar-refractivity contribution in [3.63, 3.8) is 0 Å². The third kappa shape index (κ3) is 13.6. The fourth-order valence-corrected chi connectivity index (χ4v) is 3.59. The Labute approximate surface area is 232 Å². The van der Waals surface area contributed by atoms with Crippen LogP contribution in [0.1, 0.15) is 33.3 Å². The van der Waals surface area contributed by atoms with Crippen LogP contribution in [0, 0.1) is 0 Å². The van der Waals surface area contributed by atoms with E-state index >= 15 is 0 Å². The van der Waals surface area contributed by atoms with Crippen molar-refractivity contribution in [2.75, 3.05) is 32.7 Å². The van der Waals surface area contributed by atoms with Gasteiger partial charge in [-0.2, -0.15) is 0 Å². The lowest BCUT2D eigenvalue weighted by Crippen LogP contribution is -2.47. The van der Waals surface area contributed by atoms with Crippen LogP contribution < -0.4 is 5.32 Å². The van der Waals surface area contributed by atoms with E-state index in [0.29, 0.717) is 25.6 Å². The molecule has 218 valence electrons. The number of carbonyl (C=O) groups is 5. The summed E-state index contributed by atoms with van der Waals surface area (Å²) in [6.07, 6.45) is -5.32. The largest absolute Gasteiger partial charge is 0.450 e. The van der Waals surface area contributed by atoms with Crippen LogP contribution in [0.5, 0.6) is 0 Å². The van der Waals surface area contributed by atoms with Crippen molar-refractivity contribution in [1.82, 2.24) is 5.32 Å². The number of hydrogen-bond acceptors (Lipinski definition) is 12. The Kier molecular flexibility index (Phi) is 16.0. The minimum absolute atomic E-state index is 0.223. The summed E-state index contributed by atoms with van der Waals surface area (Å²) >= 11 is 1.01. The highest BCUT2D eigenvalue weighted by molar-refractivity contribution is 8.13. The highest BCUT2D eigenvalue weighted by Crippen LogP contribution is 2.13. The first kappa shape index (κ1) is 34.0. The van der Waals surface area contributed by atoms with E-state index in [2.05, 4.69) is 5.32 Å². The highest BCUT2D eigenvalue weighted by atomic mass is 32.2. The maximum absolute atomic E-state index is 12.9. The second-order valence-corrected chi connectivity index (χ2v) is 9.54. The lowest BCUT2D eigenvalue weighted by molar-refractivity contribution is -0.181. The normalized spacial score (nSPS) is 14.7. The van der Waals surface area contributed by atoms with Gasteiger partial charge in [0.15, 0.2) is 18.3 Å². The Morgan fingerprint density at radius 3 is 1.95 bits per heavy atom. The second-order valence-electron chi connectivity index (χ2n) is 8.44. The summed E-state index contributed by atoms with van der Waals surface area (Å²) in [5, 5.41) is 11.5. The Bertz CT molecular complexity index is 941. The van der Waals surface area contributed by atoms with Crippen molar-refractivity contribution >= 4 is 40.7 Å². The molecule has 0 aliphatic carbocycles. The fraction of sp³-hybridized carbons (Fsp3) is 0.577. The first-order valence-corrected chi connectivity index (χ1v) is 13.3. The molecule has 0 aromatic heterocycles. The molecular formula is C26H37NO11S. The van der Waals surface area contributed by atoms with E-state index in [1.54, 1.807) is 7.11 Å². The molecule has 1 aromatic rings. The Morgan fingerprint density at radius 2 is 1.38 bits per heavy atom. The van der Waals surface area contributed by atoms with Crippen molar-refractivity contribution in [1.29, 1.82) is 0 Å². The van der Waals surface area contributed by atoms with Crippen LogP contribution in [0.3, 0.4) is 0 Å². The number of benzene rings is 1. The third-order valence-electron chi connectivity index (χ3n) is 5.04. The molecule has 0 spiro atoms. The van der Waals surface area contributed by atoms with E-state index < -0.39 is 54.3 Å². The molecule has 0 saturated heterocycles. The zero-order chi connectivity index (χ0) is 29.4. The molecule has 1 aromatic carbocycles. The molecule has 13 heteroatoms. The number of esters is 3. The van der Waals surface area contributed by atoms with Crippen LogP contribution in [-0.4, -0.2) is 97.2 Å². The molecule has 0 fully saturated rings. The van der Waals surface area contributed by atoms with Crippen molar-refractivity contribution in [2.24, 2.45) is 0 Å². The molecule has 1 rings (SSSR count). The van der Waals surface area contributed by atoms with Gasteiger partial charge in [0.2, 0.25) is 5.12 Å². The number of methoxy groups -OCH3 is 1. The van der Waals surface area contributed by atoms with Crippen LogP contribution in [0.25, 0.3) is 0 Å². The maximum atomic E-state index is 12.9. The van der Waals surface area contributed by atoms with E-state index in [0.717, 1.165) is 17.3 Å². The minimum Gasteiger partial charge on any atom is -0.450 e. The highest BCUT2D eigenvalue weighted by Gasteiger charge is 2.30. The van der Waals surface area contributed by atoms with Crippen molar-refractivity contribution in [3.05, 3.63) is 35.9 Å². The van der Waals surface area contributed by atoms with Crippen LogP contribution >= 0.6 is 11.8 Å². The Morgan fingerprint density at radius 1 is 0.821 bits per heavy atom. The van der Waals surface area contributed by atoms with Crippen LogP contribution in [-0.2, 0) is 54.1 Å². The molecular weight excluding hydrogens is 534 g/mol. The molecule has 5 atom stereocenters. The van der Waals surface area contributed by atoms with E-state index in [4.69, 9.17) is 28.8 Å². The zero-order valence-corrected chi connectivity index (χ0v) is 23.6. The van der Waals surface area contributed by atoms with Crippen LogP contribution in [0.4, 0.5) is 0 Å². The van der Waals surface area contributed by atoms with Gasteiger partial charge in [0.05, 0.1) is 19.8 Å². The minimum atomic E-state index is -1.44. The van der Waals surface area contributed by atoms with Crippen molar-refractivity contribution < 1.29 is 52.8 Å². The van der Waals surface area contributed by atoms with Gasteiger partial charge in [-0.25, -0.2) is 14.4 Å². The van der Waals surface area contributed by atoms with E-state index in [9.17, 15) is 24.0 Å². The smallest absolute Gasteiger partial charge is 0.347 e. The van der Waals surface area contributed by atoms with Crippen molar-refractivity contribution in [2.45, 2.75) is 64.6 Å². The fourth-order valence-electron chi connectivity index (χ4n) is 2.84. The Balaban J connectivity index is 2.69. The summed E-state index contributed by atoms with van der Waals surface area (Å²) in [7, 11) is 1.56. The molecule has 1 amide bonds.